The molecule has 0 aliphatic carbocycles. The molecule has 1 amide bonds. The lowest BCUT2D eigenvalue weighted by Crippen LogP contribution is -2.28. The number of carbonyl (C=O) groups excluding carboxylic acids is 1. The first-order chi connectivity index (χ1) is 9.08. The van der Waals surface area contributed by atoms with Crippen LogP contribution in [0.1, 0.15) is 15.2 Å². The minimum atomic E-state index is 0.0379. The average molecular weight is 403 g/mol. The van der Waals surface area contributed by atoms with Crippen molar-refractivity contribution in [2.24, 2.45) is 0 Å². The van der Waals surface area contributed by atoms with Crippen LogP contribution >= 0.6 is 43.2 Å². The van der Waals surface area contributed by atoms with Crippen LogP contribution in [0.4, 0.5) is 0 Å². The molecule has 0 saturated carbocycles. The summed E-state index contributed by atoms with van der Waals surface area (Å²) >= 11 is 8.54. The molecule has 0 saturated heterocycles. The molecule has 2 aromatic rings. The molecule has 2 rings (SSSR count). The minimum Gasteiger partial charge on any atom is -0.341 e. The first kappa shape index (κ1) is 14.8. The van der Waals surface area contributed by atoms with Crippen LogP contribution in [0.25, 0.3) is 0 Å². The number of likely N-dealkylation sites (N-methyl/N-ethyl adjacent to an activating group) is 1. The first-order valence-electron chi connectivity index (χ1n) is 5.81. The molecule has 100 valence electrons. The Hall–Kier alpha value is -0.650. The van der Waals surface area contributed by atoms with Gasteiger partial charge >= 0.3 is 0 Å². The Kier molecular flexibility index (Phi) is 5.19. The van der Waals surface area contributed by atoms with Crippen molar-refractivity contribution in [1.82, 2.24) is 4.90 Å². The highest BCUT2D eigenvalue weighted by atomic mass is 79.9. The zero-order valence-corrected chi connectivity index (χ0v) is 14.4. The van der Waals surface area contributed by atoms with Crippen LogP contribution in [-0.2, 0) is 6.42 Å². The third-order valence-corrected chi connectivity index (χ3v) is 4.87. The van der Waals surface area contributed by atoms with Gasteiger partial charge in [-0.1, -0.05) is 22.0 Å². The Balaban J connectivity index is 2.02. The van der Waals surface area contributed by atoms with Crippen molar-refractivity contribution in [3.8, 4) is 0 Å². The maximum absolute atomic E-state index is 12.3. The number of hydrogen-bond acceptors (Lipinski definition) is 2. The molecule has 0 atom stereocenters. The van der Waals surface area contributed by atoms with Gasteiger partial charge in [-0.05, 0) is 52.0 Å². The van der Waals surface area contributed by atoms with E-state index in [9.17, 15) is 4.79 Å². The van der Waals surface area contributed by atoms with E-state index < -0.39 is 0 Å². The standard InChI is InChI=1S/C14H13Br2NOS/c1-17(7-6-11-3-2-8-19-11)14(18)12-5-4-10(15)9-13(12)16/h2-5,8-9H,6-7H2,1H3. The highest BCUT2D eigenvalue weighted by Gasteiger charge is 2.14. The average Bonchev–Trinajstić information content (AvgIpc) is 2.88. The van der Waals surface area contributed by atoms with Gasteiger partial charge in [0.1, 0.15) is 0 Å². The van der Waals surface area contributed by atoms with Gasteiger partial charge in [0.05, 0.1) is 5.56 Å². The van der Waals surface area contributed by atoms with E-state index >= 15 is 0 Å². The molecule has 5 heteroatoms. The lowest BCUT2D eigenvalue weighted by molar-refractivity contribution is 0.0796. The number of amides is 1. The quantitative estimate of drug-likeness (QED) is 0.732. The normalized spacial score (nSPS) is 10.5. The fourth-order valence-electron chi connectivity index (χ4n) is 1.70. The molecule has 1 aromatic carbocycles. The summed E-state index contributed by atoms with van der Waals surface area (Å²) in [6.45, 7) is 0.724. The van der Waals surface area contributed by atoms with Gasteiger partial charge in [-0.25, -0.2) is 0 Å². The van der Waals surface area contributed by atoms with E-state index in [1.165, 1.54) is 4.88 Å². The fourth-order valence-corrected chi connectivity index (χ4v) is 3.62. The molecule has 0 bridgehead atoms. The summed E-state index contributed by atoms with van der Waals surface area (Å²) in [5.74, 6) is 0.0379. The molecule has 0 unspecified atom stereocenters. The molecule has 1 heterocycles. The molecular weight excluding hydrogens is 390 g/mol. The predicted octanol–water partition coefficient (Wildman–Crippen LogP) is 4.59. The second-order valence-electron chi connectivity index (χ2n) is 4.18. The maximum atomic E-state index is 12.3. The molecule has 0 aliphatic rings. The summed E-state index contributed by atoms with van der Waals surface area (Å²) in [4.78, 5) is 15.4. The lowest BCUT2D eigenvalue weighted by atomic mass is 10.2. The SMILES string of the molecule is CN(CCc1cccs1)C(=O)c1ccc(Br)cc1Br. The van der Waals surface area contributed by atoms with Gasteiger partial charge in [-0.2, -0.15) is 0 Å². The molecule has 0 spiro atoms. The van der Waals surface area contributed by atoms with Crippen LogP contribution in [0.2, 0.25) is 0 Å². The number of benzene rings is 1. The van der Waals surface area contributed by atoms with Crippen LogP contribution in [-0.4, -0.2) is 24.4 Å². The topological polar surface area (TPSA) is 20.3 Å². The number of thiophene rings is 1. The largest absolute Gasteiger partial charge is 0.341 e. The summed E-state index contributed by atoms with van der Waals surface area (Å²) in [5.41, 5.74) is 0.692. The highest BCUT2D eigenvalue weighted by molar-refractivity contribution is 9.11. The van der Waals surface area contributed by atoms with E-state index in [2.05, 4.69) is 43.3 Å². The van der Waals surface area contributed by atoms with Crippen LogP contribution in [0.3, 0.4) is 0 Å². The number of carbonyl (C=O) groups is 1. The molecule has 0 radical (unpaired) electrons. The third-order valence-electron chi connectivity index (χ3n) is 2.78. The Bertz CT molecular complexity index is 569. The van der Waals surface area contributed by atoms with Gasteiger partial charge in [0, 0.05) is 27.4 Å². The summed E-state index contributed by atoms with van der Waals surface area (Å²) in [5, 5.41) is 2.06. The van der Waals surface area contributed by atoms with Gasteiger partial charge < -0.3 is 4.90 Å². The highest BCUT2D eigenvalue weighted by Crippen LogP contribution is 2.23. The monoisotopic (exact) mass is 401 g/mol. The number of hydrogen-bond donors (Lipinski definition) is 0. The van der Waals surface area contributed by atoms with Gasteiger partial charge in [0.15, 0.2) is 0 Å². The van der Waals surface area contributed by atoms with Gasteiger partial charge in [0.2, 0.25) is 0 Å². The fraction of sp³-hybridized carbons (Fsp3) is 0.214. The van der Waals surface area contributed by atoms with Crippen LogP contribution in [0.5, 0.6) is 0 Å². The molecule has 2 nitrogen and oxygen atoms in total. The second kappa shape index (κ2) is 6.68. The van der Waals surface area contributed by atoms with Crippen molar-refractivity contribution in [3.63, 3.8) is 0 Å². The van der Waals surface area contributed by atoms with Gasteiger partial charge in [-0.15, -0.1) is 11.3 Å². The Labute approximate surface area is 133 Å². The van der Waals surface area contributed by atoms with E-state index in [-0.39, 0.29) is 5.91 Å². The predicted molar refractivity (Wildman–Crippen MR) is 86.8 cm³/mol. The molecular formula is C14H13Br2NOS. The summed E-state index contributed by atoms with van der Waals surface area (Å²) in [6.07, 6.45) is 0.897. The lowest BCUT2D eigenvalue weighted by Gasteiger charge is -2.17. The molecule has 0 aliphatic heterocycles. The van der Waals surface area contributed by atoms with Crippen molar-refractivity contribution >= 4 is 49.1 Å². The Morgan fingerprint density at radius 3 is 2.74 bits per heavy atom. The van der Waals surface area contributed by atoms with Crippen molar-refractivity contribution in [1.29, 1.82) is 0 Å². The van der Waals surface area contributed by atoms with E-state index in [1.54, 1.807) is 16.2 Å². The minimum absolute atomic E-state index is 0.0379. The van der Waals surface area contributed by atoms with Crippen LogP contribution in [0, 0.1) is 0 Å². The van der Waals surface area contributed by atoms with E-state index in [0.717, 1.165) is 21.9 Å². The van der Waals surface area contributed by atoms with Crippen molar-refractivity contribution in [3.05, 3.63) is 55.1 Å². The smallest absolute Gasteiger partial charge is 0.254 e. The van der Waals surface area contributed by atoms with Crippen LogP contribution in [0.15, 0.2) is 44.7 Å². The van der Waals surface area contributed by atoms with E-state index in [1.807, 2.05) is 31.3 Å². The van der Waals surface area contributed by atoms with Crippen molar-refractivity contribution in [2.45, 2.75) is 6.42 Å². The second-order valence-corrected chi connectivity index (χ2v) is 6.98. The number of halogens is 2. The molecule has 0 fully saturated rings. The Morgan fingerprint density at radius 2 is 2.11 bits per heavy atom. The number of rotatable bonds is 4. The van der Waals surface area contributed by atoms with E-state index in [4.69, 9.17) is 0 Å². The summed E-state index contributed by atoms with van der Waals surface area (Å²) in [7, 11) is 1.84. The zero-order valence-electron chi connectivity index (χ0n) is 10.4. The molecule has 0 N–H and O–H groups in total. The zero-order chi connectivity index (χ0) is 13.8. The third kappa shape index (κ3) is 3.91. The van der Waals surface area contributed by atoms with E-state index in [0.29, 0.717) is 5.56 Å². The van der Waals surface area contributed by atoms with Crippen molar-refractivity contribution < 1.29 is 4.79 Å². The Morgan fingerprint density at radius 1 is 1.32 bits per heavy atom. The number of nitrogens with zero attached hydrogens (tertiary/aromatic N) is 1. The van der Waals surface area contributed by atoms with Gasteiger partial charge in [0.25, 0.3) is 5.91 Å². The summed E-state index contributed by atoms with van der Waals surface area (Å²) in [6, 6.07) is 9.73. The maximum Gasteiger partial charge on any atom is 0.254 e. The molecule has 1 aromatic heterocycles. The first-order valence-corrected chi connectivity index (χ1v) is 8.27. The van der Waals surface area contributed by atoms with Crippen molar-refractivity contribution in [2.75, 3.05) is 13.6 Å². The van der Waals surface area contributed by atoms with Gasteiger partial charge in [-0.3, -0.25) is 4.79 Å². The van der Waals surface area contributed by atoms with Crippen LogP contribution < -0.4 is 0 Å². The summed E-state index contributed by atoms with van der Waals surface area (Å²) < 4.78 is 1.77. The molecule has 19 heavy (non-hydrogen) atoms.